The van der Waals surface area contributed by atoms with Gasteiger partial charge in [0.1, 0.15) is 5.71 Å². The number of amides is 1. The average Bonchev–Trinajstić information content (AvgIpc) is 3.16. The molecule has 1 saturated heterocycles. The van der Waals surface area contributed by atoms with E-state index in [1.54, 1.807) is 12.1 Å². The van der Waals surface area contributed by atoms with Crippen LogP contribution in [0.15, 0.2) is 21.7 Å². The number of hydrogen-bond donors (Lipinski definition) is 1. The molecule has 2 aliphatic heterocycles. The van der Waals surface area contributed by atoms with Crippen molar-refractivity contribution in [2.75, 3.05) is 13.2 Å². The van der Waals surface area contributed by atoms with E-state index in [2.05, 4.69) is 10.5 Å². The topological polar surface area (TPSA) is 73.1 Å². The molecule has 0 radical (unpaired) electrons. The van der Waals surface area contributed by atoms with Crippen molar-refractivity contribution in [2.24, 2.45) is 5.16 Å². The van der Waals surface area contributed by atoms with Gasteiger partial charge >= 0.3 is 0 Å². The summed E-state index contributed by atoms with van der Waals surface area (Å²) < 4.78 is 10.7. The lowest BCUT2D eigenvalue weighted by atomic mass is 10.1. The molecule has 0 aliphatic carbocycles. The second-order valence-corrected chi connectivity index (χ2v) is 5.19. The van der Waals surface area contributed by atoms with E-state index in [0.717, 1.165) is 19.4 Å². The first-order valence-corrected chi connectivity index (χ1v) is 6.98. The Bertz CT molecular complexity index is 522. The second kappa shape index (κ2) is 5.85. The van der Waals surface area contributed by atoms with Gasteiger partial charge in [0.15, 0.2) is 11.0 Å². The van der Waals surface area contributed by atoms with E-state index in [1.807, 2.05) is 0 Å². The van der Waals surface area contributed by atoms with E-state index in [1.165, 1.54) is 0 Å². The number of carbonyl (C=O) groups excluding carboxylic acids is 1. The summed E-state index contributed by atoms with van der Waals surface area (Å²) in [5, 5.41) is 6.98. The monoisotopic (exact) mass is 298 g/mol. The van der Waals surface area contributed by atoms with E-state index in [-0.39, 0.29) is 17.2 Å². The molecule has 3 heterocycles. The first kappa shape index (κ1) is 13.5. The summed E-state index contributed by atoms with van der Waals surface area (Å²) in [6.07, 6.45) is 1.91. The fraction of sp³-hybridized carbons (Fsp3) is 0.538. The lowest BCUT2D eigenvalue weighted by Gasteiger charge is -2.12. The highest BCUT2D eigenvalue weighted by Crippen LogP contribution is 2.21. The maximum atomic E-state index is 12.0. The minimum atomic E-state index is -0.615. The first-order chi connectivity index (χ1) is 9.72. The maximum Gasteiger partial charge on any atom is 0.264 e. The molecular formula is C13H15ClN2O4. The highest BCUT2D eigenvalue weighted by atomic mass is 35.5. The zero-order valence-electron chi connectivity index (χ0n) is 10.8. The first-order valence-electron chi connectivity index (χ1n) is 6.60. The Hall–Kier alpha value is -1.53. The van der Waals surface area contributed by atoms with E-state index in [9.17, 15) is 4.79 Å². The summed E-state index contributed by atoms with van der Waals surface area (Å²) in [5.41, 5.74) is 0.592. The smallest absolute Gasteiger partial charge is 0.264 e. The van der Waals surface area contributed by atoms with Gasteiger partial charge in [-0.05, 0) is 36.6 Å². The van der Waals surface area contributed by atoms with E-state index in [4.69, 9.17) is 25.6 Å². The van der Waals surface area contributed by atoms with Crippen LogP contribution >= 0.6 is 11.6 Å². The van der Waals surface area contributed by atoms with Gasteiger partial charge < -0.3 is 19.3 Å². The quantitative estimate of drug-likeness (QED) is 0.918. The maximum absolute atomic E-state index is 12.0. The molecule has 0 saturated carbocycles. The van der Waals surface area contributed by atoms with Crippen LogP contribution in [-0.2, 0) is 14.4 Å². The Kier molecular flexibility index (Phi) is 3.93. The van der Waals surface area contributed by atoms with Crippen molar-refractivity contribution in [1.29, 1.82) is 0 Å². The SMILES string of the molecule is O=C(NC[C@@H]1CCCO1)[C@@H]1CC(c2ccc(Cl)o2)=NO1. The van der Waals surface area contributed by atoms with Gasteiger partial charge in [0.05, 0.1) is 6.10 Å². The molecule has 6 nitrogen and oxygen atoms in total. The normalized spacial score (nSPS) is 25.4. The Labute approximate surface area is 121 Å². The summed E-state index contributed by atoms with van der Waals surface area (Å²) in [6.45, 7) is 1.29. The highest BCUT2D eigenvalue weighted by Gasteiger charge is 2.30. The number of ether oxygens (including phenoxy) is 1. The third kappa shape index (κ3) is 2.96. The molecule has 2 aliphatic rings. The van der Waals surface area contributed by atoms with Gasteiger partial charge in [-0.2, -0.15) is 0 Å². The third-order valence-electron chi connectivity index (χ3n) is 3.35. The van der Waals surface area contributed by atoms with Crippen molar-refractivity contribution in [3.63, 3.8) is 0 Å². The molecule has 0 aromatic carbocycles. The van der Waals surface area contributed by atoms with Crippen LogP contribution in [0, 0.1) is 0 Å². The number of furan rings is 1. The molecule has 3 rings (SSSR count). The molecule has 108 valence electrons. The number of nitrogens with zero attached hydrogens (tertiary/aromatic N) is 1. The molecule has 20 heavy (non-hydrogen) atoms. The van der Waals surface area contributed by atoms with Gasteiger partial charge in [-0.25, -0.2) is 0 Å². The predicted molar refractivity (Wildman–Crippen MR) is 71.7 cm³/mol. The van der Waals surface area contributed by atoms with Crippen molar-refractivity contribution < 1.29 is 18.8 Å². The standard InChI is InChI=1S/C13H15ClN2O4/c14-12-4-3-10(19-12)9-6-11(20-16-9)13(17)15-7-8-2-1-5-18-8/h3-4,8,11H,1-2,5-7H2,(H,15,17)/t8-,11-/m0/s1. The van der Waals surface area contributed by atoms with Crippen LogP contribution in [0.4, 0.5) is 0 Å². The fourth-order valence-electron chi connectivity index (χ4n) is 2.27. The molecule has 1 amide bonds. The van der Waals surface area contributed by atoms with Crippen molar-refractivity contribution in [3.05, 3.63) is 23.1 Å². The fourth-order valence-corrected chi connectivity index (χ4v) is 2.41. The average molecular weight is 299 g/mol. The van der Waals surface area contributed by atoms with Crippen LogP contribution < -0.4 is 5.32 Å². The van der Waals surface area contributed by atoms with Crippen LogP contribution in [0.25, 0.3) is 0 Å². The Morgan fingerprint density at radius 1 is 1.50 bits per heavy atom. The Morgan fingerprint density at radius 3 is 3.10 bits per heavy atom. The van der Waals surface area contributed by atoms with Gasteiger partial charge in [-0.1, -0.05) is 5.16 Å². The van der Waals surface area contributed by atoms with Crippen LogP contribution in [0.3, 0.4) is 0 Å². The number of nitrogens with one attached hydrogen (secondary N) is 1. The van der Waals surface area contributed by atoms with Crippen LogP contribution in [0.2, 0.25) is 5.22 Å². The summed E-state index contributed by atoms with van der Waals surface area (Å²) >= 11 is 5.70. The Morgan fingerprint density at radius 2 is 2.40 bits per heavy atom. The summed E-state index contributed by atoms with van der Waals surface area (Å²) in [5.74, 6) is 0.348. The molecule has 7 heteroatoms. The lowest BCUT2D eigenvalue weighted by Crippen LogP contribution is -2.39. The zero-order chi connectivity index (χ0) is 13.9. The molecule has 0 bridgehead atoms. The largest absolute Gasteiger partial charge is 0.443 e. The molecule has 1 fully saturated rings. The molecule has 1 aromatic heterocycles. The van der Waals surface area contributed by atoms with Crippen molar-refractivity contribution in [1.82, 2.24) is 5.32 Å². The minimum absolute atomic E-state index is 0.115. The molecule has 2 atom stereocenters. The lowest BCUT2D eigenvalue weighted by molar-refractivity contribution is -0.131. The molecule has 1 N–H and O–H groups in total. The van der Waals surface area contributed by atoms with Crippen molar-refractivity contribution in [3.8, 4) is 0 Å². The molecule has 0 spiro atoms. The van der Waals surface area contributed by atoms with E-state index >= 15 is 0 Å². The number of halogens is 1. The molecule has 1 aromatic rings. The van der Waals surface area contributed by atoms with Crippen LogP contribution in [0.1, 0.15) is 25.0 Å². The Balaban J connectivity index is 1.49. The predicted octanol–water partition coefficient (Wildman–Crippen LogP) is 1.72. The molecule has 0 unspecified atom stereocenters. The third-order valence-corrected chi connectivity index (χ3v) is 3.55. The number of oxime groups is 1. The van der Waals surface area contributed by atoms with Crippen molar-refractivity contribution in [2.45, 2.75) is 31.5 Å². The summed E-state index contributed by atoms with van der Waals surface area (Å²) in [7, 11) is 0. The summed E-state index contributed by atoms with van der Waals surface area (Å²) in [6, 6.07) is 3.33. The van der Waals surface area contributed by atoms with Crippen LogP contribution in [-0.4, -0.2) is 37.0 Å². The molecular weight excluding hydrogens is 284 g/mol. The van der Waals surface area contributed by atoms with Crippen LogP contribution in [0.5, 0.6) is 0 Å². The zero-order valence-corrected chi connectivity index (χ0v) is 11.6. The number of hydrogen-bond acceptors (Lipinski definition) is 5. The van der Waals surface area contributed by atoms with E-state index in [0.29, 0.717) is 24.4 Å². The number of rotatable bonds is 4. The highest BCUT2D eigenvalue weighted by molar-refractivity contribution is 6.29. The van der Waals surface area contributed by atoms with E-state index < -0.39 is 6.10 Å². The van der Waals surface area contributed by atoms with Gasteiger partial charge in [0.2, 0.25) is 6.10 Å². The number of carbonyl (C=O) groups is 1. The van der Waals surface area contributed by atoms with Gasteiger partial charge in [-0.3, -0.25) is 4.79 Å². The van der Waals surface area contributed by atoms with Gasteiger partial charge in [0.25, 0.3) is 5.91 Å². The second-order valence-electron chi connectivity index (χ2n) is 4.82. The summed E-state index contributed by atoms with van der Waals surface area (Å²) in [4.78, 5) is 17.1. The van der Waals surface area contributed by atoms with Gasteiger partial charge in [0, 0.05) is 19.6 Å². The van der Waals surface area contributed by atoms with Crippen molar-refractivity contribution >= 4 is 23.2 Å². The minimum Gasteiger partial charge on any atom is -0.443 e. The van der Waals surface area contributed by atoms with Gasteiger partial charge in [-0.15, -0.1) is 0 Å².